The number of alkyl halides is 3. The van der Waals surface area contributed by atoms with Crippen LogP contribution < -0.4 is 0 Å². The van der Waals surface area contributed by atoms with E-state index in [2.05, 4.69) is 55.5 Å². The molecule has 0 bridgehead atoms. The predicted octanol–water partition coefficient (Wildman–Crippen LogP) is 4.84. The highest BCUT2D eigenvalue weighted by Gasteiger charge is 2.38. The van der Waals surface area contributed by atoms with Gasteiger partial charge in [0.25, 0.3) is 0 Å². The number of carboxylic acids is 1. The molecule has 0 unspecified atom stereocenters. The van der Waals surface area contributed by atoms with Gasteiger partial charge in [-0.05, 0) is 24.6 Å². The predicted molar refractivity (Wildman–Crippen MR) is 85.6 cm³/mol. The quantitative estimate of drug-likeness (QED) is 0.693. The Morgan fingerprint density at radius 1 is 0.958 bits per heavy atom. The topological polar surface area (TPSA) is 50.2 Å². The molecule has 0 fully saturated rings. The number of aliphatic carboxylic acids is 1. The van der Waals surface area contributed by atoms with E-state index in [4.69, 9.17) is 14.9 Å². The van der Waals surface area contributed by atoms with E-state index in [0.717, 1.165) is 11.2 Å². The normalized spacial score (nSPS) is 10.8. The molecule has 0 spiro atoms. The Balaban J connectivity index is 0.000000256. The van der Waals surface area contributed by atoms with Gasteiger partial charge < -0.3 is 5.11 Å². The number of fused-ring (bicyclic) bond motifs is 1. The second-order valence-corrected chi connectivity index (χ2v) is 5.01. The minimum atomic E-state index is -5.08. The lowest BCUT2D eigenvalue weighted by Crippen LogP contribution is -2.21. The zero-order valence-corrected chi connectivity index (χ0v) is 12.7. The van der Waals surface area contributed by atoms with Crippen LogP contribution in [0, 0.1) is 6.92 Å². The maximum atomic E-state index is 10.6. The van der Waals surface area contributed by atoms with E-state index in [1.165, 1.54) is 16.5 Å². The van der Waals surface area contributed by atoms with Gasteiger partial charge in [0.2, 0.25) is 0 Å². The van der Waals surface area contributed by atoms with Gasteiger partial charge in [0.1, 0.15) is 0 Å². The monoisotopic (exact) mass is 333 g/mol. The lowest BCUT2D eigenvalue weighted by molar-refractivity contribution is -0.192. The van der Waals surface area contributed by atoms with Crippen molar-refractivity contribution < 1.29 is 23.1 Å². The molecule has 0 atom stereocenters. The second kappa shape index (κ2) is 7.12. The Morgan fingerprint density at radius 2 is 1.54 bits per heavy atom. The van der Waals surface area contributed by atoms with Gasteiger partial charge in [-0.3, -0.25) is 0 Å². The van der Waals surface area contributed by atoms with Gasteiger partial charge in [0, 0.05) is 10.9 Å². The summed E-state index contributed by atoms with van der Waals surface area (Å²) in [6.07, 6.45) is -5.08. The molecule has 1 aromatic heterocycles. The zero-order valence-electron chi connectivity index (χ0n) is 12.7. The van der Waals surface area contributed by atoms with E-state index in [0.29, 0.717) is 0 Å². The SMILES string of the molecule is Cc1ccccc1-c1ccc2ccccc2n1.O=C(O)C(F)(F)F. The van der Waals surface area contributed by atoms with E-state index >= 15 is 0 Å². The van der Waals surface area contributed by atoms with Crippen molar-refractivity contribution in [2.24, 2.45) is 0 Å². The van der Waals surface area contributed by atoms with Crippen LogP contribution in [-0.2, 0) is 4.79 Å². The number of halogens is 3. The Morgan fingerprint density at radius 3 is 2.17 bits per heavy atom. The van der Waals surface area contributed by atoms with Crippen LogP contribution in [0.4, 0.5) is 13.2 Å². The number of hydrogen-bond acceptors (Lipinski definition) is 2. The smallest absolute Gasteiger partial charge is 0.475 e. The molecule has 0 amide bonds. The summed E-state index contributed by atoms with van der Waals surface area (Å²) in [6.45, 7) is 2.12. The Labute approximate surface area is 136 Å². The van der Waals surface area contributed by atoms with Gasteiger partial charge in [0.05, 0.1) is 11.2 Å². The Kier molecular flexibility index (Phi) is 5.18. The zero-order chi connectivity index (χ0) is 17.7. The number of benzene rings is 2. The molecule has 0 saturated heterocycles. The number of carbonyl (C=O) groups is 1. The number of nitrogens with zero attached hydrogens (tertiary/aromatic N) is 1. The molecule has 24 heavy (non-hydrogen) atoms. The minimum absolute atomic E-state index is 1.04. The minimum Gasteiger partial charge on any atom is -0.475 e. The van der Waals surface area contributed by atoms with Crippen molar-refractivity contribution in [3.05, 3.63) is 66.2 Å². The van der Waals surface area contributed by atoms with Crippen LogP contribution >= 0.6 is 0 Å². The van der Waals surface area contributed by atoms with E-state index in [1.807, 2.05) is 12.1 Å². The average Bonchev–Trinajstić information content (AvgIpc) is 2.54. The summed E-state index contributed by atoms with van der Waals surface area (Å²) < 4.78 is 31.7. The van der Waals surface area contributed by atoms with E-state index in [-0.39, 0.29) is 0 Å². The number of aromatic nitrogens is 1. The van der Waals surface area contributed by atoms with Crippen molar-refractivity contribution >= 4 is 16.9 Å². The molecular weight excluding hydrogens is 319 g/mol. The van der Waals surface area contributed by atoms with Gasteiger partial charge in [-0.2, -0.15) is 13.2 Å². The van der Waals surface area contributed by atoms with Crippen molar-refractivity contribution in [3.8, 4) is 11.3 Å². The van der Waals surface area contributed by atoms with Gasteiger partial charge in [-0.15, -0.1) is 0 Å². The third kappa shape index (κ3) is 4.32. The number of pyridine rings is 1. The first-order valence-electron chi connectivity index (χ1n) is 7.01. The van der Waals surface area contributed by atoms with Crippen molar-refractivity contribution in [3.63, 3.8) is 0 Å². The summed E-state index contributed by atoms with van der Waals surface area (Å²) >= 11 is 0. The fourth-order valence-corrected chi connectivity index (χ4v) is 2.08. The number of para-hydroxylation sites is 1. The lowest BCUT2D eigenvalue weighted by Gasteiger charge is -2.06. The standard InChI is InChI=1S/C16H13N.C2HF3O2/c1-12-6-2-4-8-14(12)16-11-10-13-7-3-5-9-15(13)17-16;3-2(4,5)1(6)7/h2-11H,1H3;(H,6,7). The van der Waals surface area contributed by atoms with Crippen LogP contribution in [-0.4, -0.2) is 22.2 Å². The molecule has 124 valence electrons. The van der Waals surface area contributed by atoms with Crippen LogP contribution in [0.15, 0.2) is 60.7 Å². The average molecular weight is 333 g/mol. The van der Waals surface area contributed by atoms with Crippen molar-refractivity contribution in [2.45, 2.75) is 13.1 Å². The summed E-state index contributed by atoms with van der Waals surface area (Å²) in [7, 11) is 0. The van der Waals surface area contributed by atoms with E-state index in [1.54, 1.807) is 0 Å². The summed E-state index contributed by atoms with van der Waals surface area (Å²) in [5.74, 6) is -2.76. The third-order valence-corrected chi connectivity index (χ3v) is 3.26. The molecule has 0 aliphatic carbocycles. The highest BCUT2D eigenvalue weighted by Crippen LogP contribution is 2.23. The molecule has 0 saturated carbocycles. The fraction of sp³-hybridized carbons (Fsp3) is 0.111. The Bertz CT molecular complexity index is 860. The van der Waals surface area contributed by atoms with Crippen LogP contribution in [0.3, 0.4) is 0 Å². The van der Waals surface area contributed by atoms with Crippen molar-refractivity contribution in [2.75, 3.05) is 0 Å². The summed E-state index contributed by atoms with van der Waals surface area (Å²) in [6, 6.07) is 20.8. The molecule has 1 heterocycles. The van der Waals surface area contributed by atoms with Crippen LogP contribution in [0.5, 0.6) is 0 Å². The fourth-order valence-electron chi connectivity index (χ4n) is 2.08. The maximum absolute atomic E-state index is 10.6. The van der Waals surface area contributed by atoms with E-state index < -0.39 is 12.1 Å². The summed E-state index contributed by atoms with van der Waals surface area (Å²) in [5, 5.41) is 8.31. The first-order chi connectivity index (χ1) is 11.3. The van der Waals surface area contributed by atoms with Crippen LogP contribution in [0.25, 0.3) is 22.2 Å². The molecule has 3 rings (SSSR count). The Hall–Kier alpha value is -2.89. The first kappa shape index (κ1) is 17.5. The molecule has 2 aromatic carbocycles. The molecule has 1 N–H and O–H groups in total. The molecule has 6 heteroatoms. The molecular formula is C18H14F3NO2. The number of aryl methyl sites for hydroxylation is 1. The lowest BCUT2D eigenvalue weighted by atomic mass is 10.0. The molecule has 0 aliphatic heterocycles. The maximum Gasteiger partial charge on any atom is 0.490 e. The number of hydrogen-bond donors (Lipinski definition) is 1. The number of carboxylic acid groups (broad SMARTS) is 1. The van der Waals surface area contributed by atoms with Crippen LogP contribution in [0.1, 0.15) is 5.56 Å². The third-order valence-electron chi connectivity index (χ3n) is 3.26. The highest BCUT2D eigenvalue weighted by molar-refractivity contribution is 5.81. The van der Waals surface area contributed by atoms with Crippen LogP contribution in [0.2, 0.25) is 0 Å². The largest absolute Gasteiger partial charge is 0.490 e. The van der Waals surface area contributed by atoms with E-state index in [9.17, 15) is 13.2 Å². The summed E-state index contributed by atoms with van der Waals surface area (Å²) in [5.41, 5.74) is 4.56. The van der Waals surface area contributed by atoms with Crippen molar-refractivity contribution in [1.82, 2.24) is 4.98 Å². The van der Waals surface area contributed by atoms with Crippen molar-refractivity contribution in [1.29, 1.82) is 0 Å². The number of rotatable bonds is 1. The van der Waals surface area contributed by atoms with Gasteiger partial charge in [-0.25, -0.2) is 9.78 Å². The molecule has 3 aromatic rings. The summed E-state index contributed by atoms with van der Waals surface area (Å²) in [4.78, 5) is 13.6. The first-order valence-corrected chi connectivity index (χ1v) is 7.01. The molecule has 3 nitrogen and oxygen atoms in total. The molecule has 0 radical (unpaired) electrons. The van der Waals surface area contributed by atoms with Gasteiger partial charge in [-0.1, -0.05) is 48.5 Å². The second-order valence-electron chi connectivity index (χ2n) is 5.01. The van der Waals surface area contributed by atoms with Gasteiger partial charge >= 0.3 is 12.1 Å². The molecule has 0 aliphatic rings. The van der Waals surface area contributed by atoms with Gasteiger partial charge in [0.15, 0.2) is 0 Å². The highest BCUT2D eigenvalue weighted by atomic mass is 19.4.